The normalized spacial score (nSPS) is 21.3. The van der Waals surface area contributed by atoms with Crippen molar-refractivity contribution >= 4 is 52.3 Å². The Balaban J connectivity index is 1.07. The maximum Gasteiger partial charge on any atom is 0.237 e. The SMILES string of the molecule is CN=CN=C(N)c1ccc(C2=CCN(C(=O)CN3CC[C@]4(CCN(c5ccc(N)c(C(=N)c6ccc(N)c(C(C)=N)c6)n5)C4O)C3)CC2)cc1. The quantitative estimate of drug-likeness (QED) is 0.113. The van der Waals surface area contributed by atoms with E-state index in [1.165, 1.54) is 11.9 Å². The van der Waals surface area contributed by atoms with Crippen LogP contribution in [-0.4, -0.2) is 102 Å². The van der Waals surface area contributed by atoms with Crippen LogP contribution in [0, 0.1) is 16.2 Å². The zero-order valence-corrected chi connectivity index (χ0v) is 28.6. The van der Waals surface area contributed by atoms with Crippen molar-refractivity contribution in [3.8, 4) is 0 Å². The predicted octanol–water partition coefficient (Wildman–Crippen LogP) is 2.95. The Morgan fingerprint density at radius 1 is 1.04 bits per heavy atom. The molecule has 4 heterocycles. The Kier molecular flexibility index (Phi) is 9.80. The highest BCUT2D eigenvalue weighted by Crippen LogP contribution is 2.45. The van der Waals surface area contributed by atoms with E-state index in [-0.39, 0.29) is 17.0 Å². The molecule has 50 heavy (non-hydrogen) atoms. The molecule has 3 aliphatic heterocycles. The monoisotopic (exact) mass is 675 g/mol. The number of nitrogens with two attached hydrogens (primary N) is 3. The third-order valence-electron chi connectivity index (χ3n) is 10.1. The van der Waals surface area contributed by atoms with Crippen LogP contribution in [-0.2, 0) is 4.79 Å². The zero-order chi connectivity index (χ0) is 35.6. The average molecular weight is 676 g/mol. The van der Waals surface area contributed by atoms with Gasteiger partial charge in [0.05, 0.1) is 17.9 Å². The van der Waals surface area contributed by atoms with Gasteiger partial charge in [-0.1, -0.05) is 36.4 Å². The van der Waals surface area contributed by atoms with Gasteiger partial charge in [0.15, 0.2) is 0 Å². The van der Waals surface area contributed by atoms with E-state index >= 15 is 0 Å². The number of aromatic nitrogens is 1. The number of hydrogen-bond acceptors (Lipinski definition) is 10. The number of carbonyl (C=O) groups excluding carboxylic acids is 1. The van der Waals surface area contributed by atoms with Crippen molar-refractivity contribution in [2.45, 2.75) is 32.4 Å². The van der Waals surface area contributed by atoms with E-state index in [0.29, 0.717) is 78.3 Å². The first kappa shape index (κ1) is 34.5. The molecule has 0 saturated carbocycles. The molecule has 3 aromatic rings. The van der Waals surface area contributed by atoms with Crippen molar-refractivity contribution in [2.75, 3.05) is 62.7 Å². The van der Waals surface area contributed by atoms with Gasteiger partial charge in [0.2, 0.25) is 5.91 Å². The zero-order valence-electron chi connectivity index (χ0n) is 28.6. The molecule has 2 fully saturated rings. The largest absolute Gasteiger partial charge is 0.398 e. The highest BCUT2D eigenvalue weighted by molar-refractivity contribution is 6.14. The van der Waals surface area contributed by atoms with E-state index in [1.54, 1.807) is 44.3 Å². The van der Waals surface area contributed by atoms with E-state index in [9.17, 15) is 9.90 Å². The van der Waals surface area contributed by atoms with Gasteiger partial charge >= 0.3 is 0 Å². The number of nitrogen functional groups attached to an aromatic ring is 2. The summed E-state index contributed by atoms with van der Waals surface area (Å²) >= 11 is 0. The molecule has 1 unspecified atom stereocenters. The van der Waals surface area contributed by atoms with Crippen molar-refractivity contribution in [3.63, 3.8) is 0 Å². The first-order valence-corrected chi connectivity index (χ1v) is 16.8. The van der Waals surface area contributed by atoms with Gasteiger partial charge in [-0.25, -0.2) is 9.98 Å². The molecule has 2 saturated heterocycles. The first-order valence-electron chi connectivity index (χ1n) is 16.8. The molecule has 2 aromatic carbocycles. The number of nitrogens with zero attached hydrogens (tertiary/aromatic N) is 6. The molecule has 2 atom stereocenters. The summed E-state index contributed by atoms with van der Waals surface area (Å²) in [6, 6.07) is 16.6. The topological polar surface area (TPSA) is 210 Å². The fraction of sp³-hybridized carbons (Fsp3) is 0.351. The second kappa shape index (κ2) is 14.2. The number of amidine groups is 1. The summed E-state index contributed by atoms with van der Waals surface area (Å²) in [4.78, 5) is 32.0. The van der Waals surface area contributed by atoms with Crippen LogP contribution in [0.3, 0.4) is 0 Å². The maximum atomic E-state index is 13.4. The van der Waals surface area contributed by atoms with Gasteiger partial charge in [-0.3, -0.25) is 20.1 Å². The smallest absolute Gasteiger partial charge is 0.237 e. The van der Waals surface area contributed by atoms with Crippen LogP contribution in [0.1, 0.15) is 54.1 Å². The molecule has 0 radical (unpaired) electrons. The number of anilines is 3. The average Bonchev–Trinajstić information content (AvgIpc) is 3.68. The van der Waals surface area contributed by atoms with E-state index in [2.05, 4.69) is 21.0 Å². The first-order chi connectivity index (χ1) is 24.0. The Bertz CT molecular complexity index is 1900. The number of rotatable bonds is 9. The summed E-state index contributed by atoms with van der Waals surface area (Å²) in [7, 11) is 1.64. The number of aliphatic hydroxyl groups excluding tert-OH is 1. The number of pyridine rings is 1. The van der Waals surface area contributed by atoms with Crippen LogP contribution in [0.15, 0.2) is 70.7 Å². The summed E-state index contributed by atoms with van der Waals surface area (Å²) in [5.74, 6) is 1.05. The van der Waals surface area contributed by atoms with E-state index in [1.807, 2.05) is 34.1 Å². The summed E-state index contributed by atoms with van der Waals surface area (Å²) in [6.07, 6.45) is 5.05. The lowest BCUT2D eigenvalue weighted by Crippen LogP contribution is -2.44. The van der Waals surface area contributed by atoms with Crippen LogP contribution in [0.2, 0.25) is 0 Å². The fourth-order valence-electron chi connectivity index (χ4n) is 7.19. The van der Waals surface area contributed by atoms with E-state index < -0.39 is 6.23 Å². The predicted molar refractivity (Wildman–Crippen MR) is 200 cm³/mol. The van der Waals surface area contributed by atoms with Crippen LogP contribution in [0.5, 0.6) is 0 Å². The van der Waals surface area contributed by atoms with Crippen LogP contribution >= 0.6 is 0 Å². The van der Waals surface area contributed by atoms with Gasteiger partial charge in [-0.15, -0.1) is 0 Å². The number of carbonyl (C=O) groups is 1. The number of aliphatic hydroxyl groups is 1. The van der Waals surface area contributed by atoms with Crippen molar-refractivity contribution in [2.24, 2.45) is 21.1 Å². The molecule has 13 heteroatoms. The Morgan fingerprint density at radius 3 is 2.46 bits per heavy atom. The lowest BCUT2D eigenvalue weighted by molar-refractivity contribution is -0.131. The molecule has 1 aromatic heterocycles. The highest BCUT2D eigenvalue weighted by Gasteiger charge is 2.51. The van der Waals surface area contributed by atoms with E-state index in [4.69, 9.17) is 33.0 Å². The Hall–Kier alpha value is -5.40. The molecule has 1 amide bonds. The summed E-state index contributed by atoms with van der Waals surface area (Å²) in [5.41, 5.74) is 23.8. The second-order valence-corrected chi connectivity index (χ2v) is 13.3. The molecule has 9 N–H and O–H groups in total. The van der Waals surface area contributed by atoms with Crippen molar-refractivity contribution in [1.82, 2.24) is 14.8 Å². The van der Waals surface area contributed by atoms with Crippen molar-refractivity contribution < 1.29 is 9.90 Å². The lowest BCUT2D eigenvalue weighted by atomic mass is 9.84. The van der Waals surface area contributed by atoms with Crippen LogP contribution in [0.25, 0.3) is 5.57 Å². The minimum absolute atomic E-state index is 0.0889. The molecular weight excluding hydrogens is 630 g/mol. The molecule has 0 aliphatic carbocycles. The van der Waals surface area contributed by atoms with Gasteiger partial charge in [0, 0.05) is 66.7 Å². The van der Waals surface area contributed by atoms with Gasteiger partial charge in [-0.05, 0) is 68.1 Å². The fourth-order valence-corrected chi connectivity index (χ4v) is 7.19. The van der Waals surface area contributed by atoms with Gasteiger partial charge < -0.3 is 37.5 Å². The van der Waals surface area contributed by atoms with Crippen LogP contribution < -0.4 is 22.1 Å². The van der Waals surface area contributed by atoms with Crippen molar-refractivity contribution in [3.05, 3.63) is 88.6 Å². The molecule has 6 rings (SSSR count). The minimum Gasteiger partial charge on any atom is -0.398 e. The number of nitrogens with one attached hydrogen (secondary N) is 2. The second-order valence-electron chi connectivity index (χ2n) is 13.3. The van der Waals surface area contributed by atoms with Crippen molar-refractivity contribution in [1.29, 1.82) is 10.8 Å². The third kappa shape index (κ3) is 6.87. The highest BCUT2D eigenvalue weighted by atomic mass is 16.3. The summed E-state index contributed by atoms with van der Waals surface area (Å²) in [6.45, 7) is 5.11. The van der Waals surface area contributed by atoms with E-state index in [0.717, 1.165) is 36.9 Å². The molecule has 3 aliphatic rings. The number of likely N-dealkylation sites (tertiary alicyclic amines) is 1. The Morgan fingerprint density at radius 2 is 1.76 bits per heavy atom. The summed E-state index contributed by atoms with van der Waals surface area (Å²) < 4.78 is 0. The molecule has 0 bridgehead atoms. The van der Waals surface area contributed by atoms with Gasteiger partial charge in [-0.2, -0.15) is 0 Å². The van der Waals surface area contributed by atoms with Gasteiger partial charge in [0.25, 0.3) is 0 Å². The minimum atomic E-state index is -0.794. The molecular formula is C37H45N11O2. The third-order valence-corrected chi connectivity index (χ3v) is 10.1. The Labute approximate surface area is 292 Å². The standard InChI is InChI=1S/C37H45N11O2/c1-23(38)28-19-27(7-8-29(28)39)33(41)34-30(40)9-10-31(45-34)48-18-14-37(36(48)50)13-17-46(21-37)20-32(49)47-15-11-25(12-16-47)24-3-5-26(6-4-24)35(42)44-22-43-2/h3-11,19,22,36,38,41,50H,12-18,20-21,39-40H2,1-2H3,(H2,42,43,44)/t36?,37-/m0/s1. The lowest BCUT2D eigenvalue weighted by Gasteiger charge is -2.32. The number of aliphatic imine (C=N–C) groups is 2. The number of amides is 1. The molecule has 260 valence electrons. The van der Waals surface area contributed by atoms with Crippen LogP contribution in [0.4, 0.5) is 17.2 Å². The molecule has 13 nitrogen and oxygen atoms in total. The molecule has 1 spiro atoms. The summed E-state index contributed by atoms with van der Waals surface area (Å²) in [5, 5.41) is 28.6. The number of benzene rings is 2. The number of hydrogen-bond donors (Lipinski definition) is 6. The maximum absolute atomic E-state index is 13.4. The van der Waals surface area contributed by atoms with Gasteiger partial charge in [0.1, 0.15) is 29.9 Å².